The summed E-state index contributed by atoms with van der Waals surface area (Å²) in [4.78, 5) is 21.6. The van der Waals surface area contributed by atoms with Gasteiger partial charge in [0.05, 0.1) is 6.10 Å². The van der Waals surface area contributed by atoms with Crippen LogP contribution in [-0.4, -0.2) is 31.0 Å². The highest BCUT2D eigenvalue weighted by Crippen LogP contribution is 2.60. The Labute approximate surface area is 147 Å². The molecule has 3 aliphatic rings. The Morgan fingerprint density at radius 3 is 2.48 bits per heavy atom. The SMILES string of the molecule is C[C@]12CC[C@@H]3c4ccc(O)cc4CC[C@H]3[C@@H]1CC[C@@H]2O.O=P(O)(O)O. The molecule has 0 spiro atoms. The molecule has 0 heterocycles. The molecule has 0 aromatic heterocycles. The van der Waals surface area contributed by atoms with Crippen LogP contribution in [0.3, 0.4) is 0 Å². The van der Waals surface area contributed by atoms with Crippen LogP contribution >= 0.6 is 7.82 Å². The van der Waals surface area contributed by atoms with Gasteiger partial charge in [0.1, 0.15) is 5.75 Å². The molecule has 5 atom stereocenters. The number of hydrogen-bond donors (Lipinski definition) is 5. The Balaban J connectivity index is 0.000000324. The van der Waals surface area contributed by atoms with E-state index in [1.807, 2.05) is 12.1 Å². The monoisotopic (exact) mass is 370 g/mol. The van der Waals surface area contributed by atoms with E-state index in [-0.39, 0.29) is 11.5 Å². The van der Waals surface area contributed by atoms with E-state index >= 15 is 0 Å². The third kappa shape index (κ3) is 3.79. The van der Waals surface area contributed by atoms with E-state index in [2.05, 4.69) is 13.0 Å². The van der Waals surface area contributed by atoms with Gasteiger partial charge in [-0.25, -0.2) is 4.57 Å². The topological polar surface area (TPSA) is 118 Å². The van der Waals surface area contributed by atoms with Crippen LogP contribution in [0.5, 0.6) is 5.75 Å². The molecular formula is C18H27O6P. The zero-order chi connectivity index (χ0) is 18.4. The summed E-state index contributed by atoms with van der Waals surface area (Å²) in [5.74, 6) is 2.49. The number of aromatic hydroxyl groups is 1. The molecule has 0 radical (unpaired) electrons. The summed E-state index contributed by atoms with van der Waals surface area (Å²) in [5.41, 5.74) is 2.99. The van der Waals surface area contributed by atoms with Gasteiger partial charge in [-0.2, -0.15) is 0 Å². The molecule has 0 bridgehead atoms. The summed E-state index contributed by atoms with van der Waals surface area (Å²) in [5, 5.41) is 20.0. The molecule has 3 aliphatic carbocycles. The van der Waals surface area contributed by atoms with Crippen LogP contribution in [-0.2, 0) is 11.0 Å². The van der Waals surface area contributed by atoms with E-state index in [0.717, 1.165) is 25.2 Å². The van der Waals surface area contributed by atoms with Crippen LogP contribution in [0, 0.1) is 17.3 Å². The Morgan fingerprint density at radius 1 is 1.12 bits per heavy atom. The number of rotatable bonds is 0. The normalized spacial score (nSPS) is 36.5. The van der Waals surface area contributed by atoms with Crippen molar-refractivity contribution in [3.8, 4) is 5.75 Å². The van der Waals surface area contributed by atoms with Gasteiger partial charge in [0.2, 0.25) is 0 Å². The molecule has 2 saturated carbocycles. The van der Waals surface area contributed by atoms with Crippen molar-refractivity contribution in [1.29, 1.82) is 0 Å². The number of phosphoric acid groups is 1. The van der Waals surface area contributed by atoms with Gasteiger partial charge in [0.25, 0.3) is 0 Å². The fourth-order valence-electron chi connectivity index (χ4n) is 5.54. The number of phenolic OH excluding ortho intramolecular Hbond substituents is 1. The number of aryl methyl sites for hydroxylation is 1. The Bertz CT molecular complexity index is 678. The quantitative estimate of drug-likeness (QED) is 0.448. The fraction of sp³-hybridized carbons (Fsp3) is 0.667. The zero-order valence-electron chi connectivity index (χ0n) is 14.4. The lowest BCUT2D eigenvalue weighted by molar-refractivity contribution is -0.0226. The second kappa shape index (κ2) is 6.67. The summed E-state index contributed by atoms with van der Waals surface area (Å²) in [6, 6.07) is 5.96. The van der Waals surface area contributed by atoms with E-state index in [0.29, 0.717) is 17.6 Å². The van der Waals surface area contributed by atoms with E-state index in [1.54, 1.807) is 0 Å². The summed E-state index contributed by atoms with van der Waals surface area (Å²) in [6.07, 6.45) is 6.78. The smallest absolute Gasteiger partial charge is 0.466 e. The highest BCUT2D eigenvalue weighted by atomic mass is 31.2. The zero-order valence-corrected chi connectivity index (χ0v) is 15.3. The van der Waals surface area contributed by atoms with Crippen molar-refractivity contribution in [2.75, 3.05) is 0 Å². The van der Waals surface area contributed by atoms with Gasteiger partial charge < -0.3 is 24.9 Å². The van der Waals surface area contributed by atoms with Gasteiger partial charge in [-0.05, 0) is 85.0 Å². The van der Waals surface area contributed by atoms with E-state index < -0.39 is 7.82 Å². The average Bonchev–Trinajstić information content (AvgIpc) is 2.81. The van der Waals surface area contributed by atoms with E-state index in [9.17, 15) is 10.2 Å². The standard InChI is InChI=1S/C18H24O2.H3O4P/c1-18-9-8-14-13-5-3-12(19)10-11(13)2-4-15(14)16(18)6-7-17(18)20;1-5(2,3)4/h3,5,10,14-17,19-20H,2,4,6-9H2,1H3;(H3,1,2,3,4)/t14-,15-,16+,17+,18+;/m1./s1. The number of fused-ring (bicyclic) bond motifs is 5. The van der Waals surface area contributed by atoms with Gasteiger partial charge >= 0.3 is 7.82 Å². The molecule has 0 aliphatic heterocycles. The average molecular weight is 370 g/mol. The Morgan fingerprint density at radius 2 is 1.80 bits per heavy atom. The second-order valence-electron chi connectivity index (χ2n) is 7.95. The predicted octanol–water partition coefficient (Wildman–Crippen LogP) is 2.68. The van der Waals surface area contributed by atoms with Gasteiger partial charge in [-0.15, -0.1) is 0 Å². The molecule has 0 unspecified atom stereocenters. The third-order valence-electron chi connectivity index (χ3n) is 6.66. The van der Waals surface area contributed by atoms with Crippen LogP contribution in [0.1, 0.15) is 56.1 Å². The van der Waals surface area contributed by atoms with Gasteiger partial charge in [0, 0.05) is 0 Å². The largest absolute Gasteiger partial charge is 0.508 e. The maximum absolute atomic E-state index is 10.4. The van der Waals surface area contributed by atoms with Crippen molar-refractivity contribution in [2.45, 2.75) is 57.5 Å². The van der Waals surface area contributed by atoms with Crippen LogP contribution in [0.2, 0.25) is 0 Å². The molecular weight excluding hydrogens is 343 g/mol. The predicted molar refractivity (Wildman–Crippen MR) is 93.0 cm³/mol. The molecule has 7 heteroatoms. The number of phenols is 1. The Kier molecular flexibility index (Phi) is 5.04. The van der Waals surface area contributed by atoms with Crippen molar-refractivity contribution in [2.24, 2.45) is 17.3 Å². The second-order valence-corrected chi connectivity index (χ2v) is 8.98. The lowest BCUT2D eigenvalue weighted by atomic mass is 9.55. The van der Waals surface area contributed by atoms with Crippen LogP contribution in [0.4, 0.5) is 0 Å². The third-order valence-corrected chi connectivity index (χ3v) is 6.66. The van der Waals surface area contributed by atoms with Crippen molar-refractivity contribution >= 4 is 7.82 Å². The van der Waals surface area contributed by atoms with Crippen molar-refractivity contribution in [3.05, 3.63) is 29.3 Å². The molecule has 1 aromatic carbocycles. The first-order valence-electron chi connectivity index (χ1n) is 8.88. The molecule has 0 amide bonds. The molecule has 140 valence electrons. The molecule has 0 saturated heterocycles. The summed E-state index contributed by atoms with van der Waals surface area (Å²) < 4.78 is 8.88. The highest BCUT2D eigenvalue weighted by Gasteiger charge is 2.54. The highest BCUT2D eigenvalue weighted by molar-refractivity contribution is 7.45. The number of hydrogen-bond acceptors (Lipinski definition) is 3. The lowest BCUT2D eigenvalue weighted by Crippen LogP contribution is -2.43. The van der Waals surface area contributed by atoms with Crippen LogP contribution in [0.25, 0.3) is 0 Å². The summed E-state index contributed by atoms with van der Waals surface area (Å²) >= 11 is 0. The van der Waals surface area contributed by atoms with E-state index in [1.165, 1.54) is 30.4 Å². The molecule has 2 fully saturated rings. The Hall–Kier alpha value is -0.910. The van der Waals surface area contributed by atoms with Crippen molar-refractivity contribution in [1.82, 2.24) is 0 Å². The number of benzene rings is 1. The summed E-state index contributed by atoms with van der Waals surface area (Å²) in [6.45, 7) is 2.32. The van der Waals surface area contributed by atoms with Gasteiger partial charge in [0.15, 0.2) is 0 Å². The molecule has 25 heavy (non-hydrogen) atoms. The van der Waals surface area contributed by atoms with E-state index in [4.69, 9.17) is 19.2 Å². The van der Waals surface area contributed by atoms with Crippen LogP contribution in [0.15, 0.2) is 18.2 Å². The minimum Gasteiger partial charge on any atom is -0.508 e. The molecule has 5 N–H and O–H groups in total. The molecule has 6 nitrogen and oxygen atoms in total. The maximum Gasteiger partial charge on any atom is 0.466 e. The minimum absolute atomic E-state index is 0.0883. The first-order valence-corrected chi connectivity index (χ1v) is 10.4. The number of aliphatic hydroxyl groups is 1. The first kappa shape index (κ1) is 18.9. The maximum atomic E-state index is 10.4. The van der Waals surface area contributed by atoms with Gasteiger partial charge in [-0.1, -0.05) is 13.0 Å². The molecule has 1 aromatic rings. The minimum atomic E-state index is -4.64. The lowest BCUT2D eigenvalue weighted by Gasteiger charge is -2.50. The van der Waals surface area contributed by atoms with Crippen molar-refractivity contribution < 1.29 is 29.5 Å². The van der Waals surface area contributed by atoms with Crippen LogP contribution < -0.4 is 0 Å². The fourth-order valence-corrected chi connectivity index (χ4v) is 5.54. The molecule has 4 rings (SSSR count). The number of aliphatic hydroxyl groups excluding tert-OH is 1. The van der Waals surface area contributed by atoms with Gasteiger partial charge in [-0.3, -0.25) is 0 Å². The van der Waals surface area contributed by atoms with Crippen molar-refractivity contribution in [3.63, 3.8) is 0 Å². The summed E-state index contributed by atoms with van der Waals surface area (Å²) in [7, 11) is -4.64. The first-order chi connectivity index (χ1) is 11.6.